The molecule has 0 bridgehead atoms. The van der Waals surface area contributed by atoms with Crippen LogP contribution in [0, 0.1) is 0 Å². The third kappa shape index (κ3) is 4.39. The lowest BCUT2D eigenvalue weighted by atomic mass is 10.1. The zero-order valence-corrected chi connectivity index (χ0v) is 16.6. The molecule has 0 N–H and O–H groups in total. The summed E-state index contributed by atoms with van der Waals surface area (Å²) in [5.41, 5.74) is 1.21. The van der Waals surface area contributed by atoms with Crippen molar-refractivity contribution in [1.29, 1.82) is 0 Å². The molecule has 27 heavy (non-hydrogen) atoms. The van der Waals surface area contributed by atoms with Crippen LogP contribution in [0.25, 0.3) is 10.9 Å². The highest BCUT2D eigenvalue weighted by Crippen LogP contribution is 2.24. The summed E-state index contributed by atoms with van der Waals surface area (Å²) in [6.45, 7) is 8.38. The monoisotopic (exact) mass is 388 g/mol. The predicted molar refractivity (Wildman–Crippen MR) is 107 cm³/mol. The van der Waals surface area contributed by atoms with Crippen molar-refractivity contribution in [3.63, 3.8) is 0 Å². The van der Waals surface area contributed by atoms with E-state index < -0.39 is 0 Å². The van der Waals surface area contributed by atoms with E-state index >= 15 is 0 Å². The topological polar surface area (TPSA) is 56.8 Å². The number of nitrogens with zero attached hydrogens (tertiary/aromatic N) is 4. The van der Waals surface area contributed by atoms with Gasteiger partial charge in [-0.05, 0) is 32.0 Å². The Labute approximate surface area is 164 Å². The molecule has 1 fully saturated rings. The Morgan fingerprint density at radius 3 is 2.52 bits per heavy atom. The molecule has 1 aliphatic heterocycles. The van der Waals surface area contributed by atoms with E-state index in [2.05, 4.69) is 9.88 Å². The lowest BCUT2D eigenvalue weighted by molar-refractivity contribution is -0.132. The first-order valence-corrected chi connectivity index (χ1v) is 9.75. The number of amides is 2. The van der Waals surface area contributed by atoms with Crippen molar-refractivity contribution >= 4 is 34.3 Å². The third-order valence-electron chi connectivity index (χ3n) is 5.03. The van der Waals surface area contributed by atoms with Gasteiger partial charge in [-0.3, -0.25) is 19.5 Å². The number of hydrogen-bond donors (Lipinski definition) is 0. The van der Waals surface area contributed by atoms with Gasteiger partial charge in [0, 0.05) is 55.9 Å². The first-order valence-electron chi connectivity index (χ1n) is 9.37. The minimum absolute atomic E-state index is 0.0593. The second-order valence-electron chi connectivity index (χ2n) is 6.66. The van der Waals surface area contributed by atoms with Gasteiger partial charge in [-0.15, -0.1) is 0 Å². The van der Waals surface area contributed by atoms with Crippen LogP contribution in [0.3, 0.4) is 0 Å². The number of halogens is 1. The molecule has 6 nitrogen and oxygen atoms in total. The second-order valence-corrected chi connectivity index (χ2v) is 7.10. The molecule has 7 heteroatoms. The molecule has 1 aromatic carbocycles. The van der Waals surface area contributed by atoms with Crippen molar-refractivity contribution in [1.82, 2.24) is 19.7 Å². The Morgan fingerprint density at radius 2 is 1.85 bits per heavy atom. The lowest BCUT2D eigenvalue weighted by Crippen LogP contribution is -2.51. The van der Waals surface area contributed by atoms with Crippen LogP contribution < -0.4 is 0 Å². The number of rotatable bonds is 5. The maximum Gasteiger partial charge on any atom is 0.256 e. The maximum atomic E-state index is 13.0. The van der Waals surface area contributed by atoms with Crippen LogP contribution in [0.5, 0.6) is 0 Å². The SMILES string of the molecule is CCN(CC)C(=O)CN1CCN(C(=O)c2cc(Cl)cc3cccnc23)CC1. The van der Waals surface area contributed by atoms with Gasteiger partial charge in [0.25, 0.3) is 5.91 Å². The number of carbonyl (C=O) groups is 2. The molecule has 2 aromatic rings. The van der Waals surface area contributed by atoms with E-state index in [1.807, 2.05) is 41.8 Å². The molecule has 0 unspecified atom stereocenters. The number of carbonyl (C=O) groups excluding carboxylic acids is 2. The average Bonchev–Trinajstić information content (AvgIpc) is 2.68. The largest absolute Gasteiger partial charge is 0.342 e. The molecule has 2 heterocycles. The summed E-state index contributed by atoms with van der Waals surface area (Å²) in [6.07, 6.45) is 1.68. The molecule has 0 atom stereocenters. The van der Waals surface area contributed by atoms with Gasteiger partial charge in [-0.1, -0.05) is 17.7 Å². The third-order valence-corrected chi connectivity index (χ3v) is 5.25. The van der Waals surface area contributed by atoms with Gasteiger partial charge in [-0.25, -0.2) is 0 Å². The molecule has 2 amide bonds. The zero-order chi connectivity index (χ0) is 19.4. The van der Waals surface area contributed by atoms with Crippen LogP contribution in [0.4, 0.5) is 0 Å². The van der Waals surface area contributed by atoms with E-state index in [-0.39, 0.29) is 11.8 Å². The number of pyridine rings is 1. The van der Waals surface area contributed by atoms with Crippen LogP contribution in [0.2, 0.25) is 5.02 Å². The van der Waals surface area contributed by atoms with Gasteiger partial charge >= 0.3 is 0 Å². The average molecular weight is 389 g/mol. The Hall–Kier alpha value is -2.18. The van der Waals surface area contributed by atoms with Crippen molar-refractivity contribution in [3.05, 3.63) is 41.0 Å². The summed E-state index contributed by atoms with van der Waals surface area (Å²) in [6, 6.07) is 7.24. The number of aromatic nitrogens is 1. The number of likely N-dealkylation sites (N-methyl/N-ethyl adjacent to an activating group) is 1. The molecule has 0 radical (unpaired) electrons. The minimum Gasteiger partial charge on any atom is -0.342 e. The fourth-order valence-electron chi connectivity index (χ4n) is 3.47. The van der Waals surface area contributed by atoms with E-state index in [4.69, 9.17) is 11.6 Å². The molecular weight excluding hydrogens is 364 g/mol. The van der Waals surface area contributed by atoms with E-state index in [1.54, 1.807) is 12.3 Å². The number of piperazine rings is 1. The second kappa shape index (κ2) is 8.67. The molecule has 144 valence electrons. The summed E-state index contributed by atoms with van der Waals surface area (Å²) < 4.78 is 0. The van der Waals surface area contributed by atoms with Gasteiger partial charge in [0.1, 0.15) is 0 Å². The molecule has 1 aliphatic rings. The summed E-state index contributed by atoms with van der Waals surface area (Å²) >= 11 is 6.20. The fourth-order valence-corrected chi connectivity index (χ4v) is 3.69. The molecule has 3 rings (SSSR count). The van der Waals surface area contributed by atoms with E-state index in [9.17, 15) is 9.59 Å². The van der Waals surface area contributed by atoms with Crippen molar-refractivity contribution in [2.24, 2.45) is 0 Å². The zero-order valence-electron chi connectivity index (χ0n) is 15.8. The van der Waals surface area contributed by atoms with Crippen molar-refractivity contribution in [2.75, 3.05) is 45.8 Å². The van der Waals surface area contributed by atoms with Crippen LogP contribution in [-0.2, 0) is 4.79 Å². The Morgan fingerprint density at radius 1 is 1.15 bits per heavy atom. The predicted octanol–water partition coefficient (Wildman–Crippen LogP) is 2.51. The molecule has 1 saturated heterocycles. The normalized spacial score (nSPS) is 15.1. The maximum absolute atomic E-state index is 13.0. The highest BCUT2D eigenvalue weighted by atomic mass is 35.5. The fraction of sp³-hybridized carbons (Fsp3) is 0.450. The Balaban J connectivity index is 1.67. The Kier molecular flexibility index (Phi) is 6.29. The molecule has 0 saturated carbocycles. The number of benzene rings is 1. The summed E-state index contributed by atoms with van der Waals surface area (Å²) in [4.78, 5) is 35.4. The molecular formula is C20H25ClN4O2. The lowest BCUT2D eigenvalue weighted by Gasteiger charge is -2.35. The molecule has 0 aliphatic carbocycles. The first kappa shape index (κ1) is 19.6. The smallest absolute Gasteiger partial charge is 0.256 e. The van der Waals surface area contributed by atoms with E-state index in [1.165, 1.54) is 0 Å². The summed E-state index contributed by atoms with van der Waals surface area (Å²) in [7, 11) is 0. The van der Waals surface area contributed by atoms with Gasteiger partial charge < -0.3 is 9.80 Å². The van der Waals surface area contributed by atoms with E-state index in [0.29, 0.717) is 48.8 Å². The first-order chi connectivity index (χ1) is 13.0. The van der Waals surface area contributed by atoms with Crippen LogP contribution in [0.1, 0.15) is 24.2 Å². The summed E-state index contributed by atoms with van der Waals surface area (Å²) in [5, 5.41) is 1.39. The number of hydrogen-bond acceptors (Lipinski definition) is 4. The van der Waals surface area contributed by atoms with Crippen molar-refractivity contribution in [2.45, 2.75) is 13.8 Å². The van der Waals surface area contributed by atoms with Crippen LogP contribution in [-0.4, -0.2) is 77.3 Å². The van der Waals surface area contributed by atoms with Gasteiger partial charge in [0.15, 0.2) is 0 Å². The van der Waals surface area contributed by atoms with Crippen molar-refractivity contribution in [3.8, 4) is 0 Å². The quantitative estimate of drug-likeness (QED) is 0.789. The molecule has 1 aromatic heterocycles. The molecule has 0 spiro atoms. The van der Waals surface area contributed by atoms with Crippen LogP contribution >= 0.6 is 11.6 Å². The van der Waals surface area contributed by atoms with Gasteiger partial charge in [-0.2, -0.15) is 0 Å². The highest BCUT2D eigenvalue weighted by Gasteiger charge is 2.25. The van der Waals surface area contributed by atoms with Crippen molar-refractivity contribution < 1.29 is 9.59 Å². The van der Waals surface area contributed by atoms with Crippen LogP contribution in [0.15, 0.2) is 30.5 Å². The summed E-state index contributed by atoms with van der Waals surface area (Å²) in [5.74, 6) is 0.0840. The van der Waals surface area contributed by atoms with Gasteiger partial charge in [0.2, 0.25) is 5.91 Å². The number of fused-ring (bicyclic) bond motifs is 1. The van der Waals surface area contributed by atoms with Gasteiger partial charge in [0.05, 0.1) is 17.6 Å². The Bertz CT molecular complexity index is 830. The highest BCUT2D eigenvalue weighted by molar-refractivity contribution is 6.32. The minimum atomic E-state index is -0.0593. The standard InChI is InChI=1S/C20H25ClN4O2/c1-3-24(4-2)18(26)14-23-8-10-25(11-9-23)20(27)17-13-16(21)12-15-6-5-7-22-19(15)17/h5-7,12-13H,3-4,8-11,14H2,1-2H3. The van der Waals surface area contributed by atoms with E-state index in [0.717, 1.165) is 18.5 Å².